The first-order chi connectivity index (χ1) is 8.27. The molecule has 0 unspecified atom stereocenters. The number of hydrogen-bond acceptors (Lipinski definition) is 0. The van der Waals surface area contributed by atoms with Gasteiger partial charge in [0.05, 0.1) is 0 Å². The van der Waals surface area contributed by atoms with Crippen molar-refractivity contribution >= 4 is 12.2 Å². The monoisotopic (exact) mass is 220 g/mol. The second-order valence-corrected chi connectivity index (χ2v) is 4.88. The molecular formula is C17H16. The SMILES string of the molecule is C=Cc1ccc(C=C)c(C23C=CC(C=C2)C3)c1. The molecule has 1 aromatic rings. The molecule has 2 aliphatic carbocycles. The smallest absolute Gasteiger partial charge is 0.0327 e. The topological polar surface area (TPSA) is 0 Å². The maximum absolute atomic E-state index is 3.92. The van der Waals surface area contributed by atoms with Gasteiger partial charge in [0, 0.05) is 5.41 Å². The fourth-order valence-corrected chi connectivity index (χ4v) is 2.94. The van der Waals surface area contributed by atoms with Crippen molar-refractivity contribution in [3.63, 3.8) is 0 Å². The van der Waals surface area contributed by atoms with Gasteiger partial charge in [-0.3, -0.25) is 0 Å². The lowest BCUT2D eigenvalue weighted by molar-refractivity contribution is 0.634. The van der Waals surface area contributed by atoms with Crippen LogP contribution in [-0.2, 0) is 5.41 Å². The number of fused-ring (bicyclic) bond motifs is 2. The Morgan fingerprint density at radius 2 is 1.88 bits per heavy atom. The Hall–Kier alpha value is -1.82. The minimum atomic E-state index is 0.104. The van der Waals surface area contributed by atoms with E-state index in [0.717, 1.165) is 0 Å². The summed E-state index contributed by atoms with van der Waals surface area (Å²) in [5.74, 6) is 0.625. The van der Waals surface area contributed by atoms with E-state index in [1.54, 1.807) is 0 Å². The minimum absolute atomic E-state index is 0.104. The van der Waals surface area contributed by atoms with Crippen LogP contribution in [0.2, 0.25) is 0 Å². The van der Waals surface area contributed by atoms with Gasteiger partial charge in [-0.15, -0.1) is 0 Å². The summed E-state index contributed by atoms with van der Waals surface area (Å²) in [4.78, 5) is 0. The molecule has 0 radical (unpaired) electrons. The molecule has 0 aliphatic heterocycles. The zero-order valence-corrected chi connectivity index (χ0v) is 9.89. The fraction of sp³-hybridized carbons (Fsp3) is 0.176. The van der Waals surface area contributed by atoms with E-state index < -0.39 is 0 Å². The molecule has 0 fully saturated rings. The van der Waals surface area contributed by atoms with Crippen LogP contribution in [0.5, 0.6) is 0 Å². The lowest BCUT2D eigenvalue weighted by atomic mass is 9.78. The summed E-state index contributed by atoms with van der Waals surface area (Å²) in [6.45, 7) is 7.77. The van der Waals surface area contributed by atoms with Gasteiger partial charge in [-0.25, -0.2) is 0 Å². The molecule has 0 spiro atoms. The molecule has 0 amide bonds. The third kappa shape index (κ3) is 1.44. The van der Waals surface area contributed by atoms with Crippen LogP contribution in [0.1, 0.15) is 23.1 Å². The normalized spacial score (nSPS) is 28.6. The first-order valence-electron chi connectivity index (χ1n) is 6.05. The highest BCUT2D eigenvalue weighted by atomic mass is 14.4. The Kier molecular flexibility index (Phi) is 2.19. The number of benzene rings is 1. The molecule has 0 heteroatoms. The third-order valence-electron chi connectivity index (χ3n) is 3.89. The van der Waals surface area contributed by atoms with E-state index in [1.165, 1.54) is 23.1 Å². The van der Waals surface area contributed by atoms with E-state index in [4.69, 9.17) is 0 Å². The highest BCUT2D eigenvalue weighted by molar-refractivity contribution is 5.63. The van der Waals surface area contributed by atoms with Crippen molar-refractivity contribution in [2.75, 3.05) is 0 Å². The van der Waals surface area contributed by atoms with Crippen LogP contribution < -0.4 is 0 Å². The van der Waals surface area contributed by atoms with Gasteiger partial charge in [0.2, 0.25) is 0 Å². The largest absolute Gasteiger partial charge is 0.0985 e. The van der Waals surface area contributed by atoms with Crippen LogP contribution in [0.3, 0.4) is 0 Å². The quantitative estimate of drug-likeness (QED) is 0.664. The van der Waals surface area contributed by atoms with Gasteiger partial charge < -0.3 is 0 Å². The fourth-order valence-electron chi connectivity index (χ4n) is 2.94. The summed E-state index contributed by atoms with van der Waals surface area (Å²) in [7, 11) is 0. The molecule has 0 saturated carbocycles. The molecule has 0 aromatic heterocycles. The molecule has 84 valence electrons. The van der Waals surface area contributed by atoms with E-state index in [-0.39, 0.29) is 5.41 Å². The lowest BCUT2D eigenvalue weighted by Crippen LogP contribution is -2.17. The number of hydrogen-bond donors (Lipinski definition) is 0. The van der Waals surface area contributed by atoms with Gasteiger partial charge in [-0.05, 0) is 35.1 Å². The Labute approximate surface area is 103 Å². The minimum Gasteiger partial charge on any atom is -0.0985 e. The van der Waals surface area contributed by atoms with Crippen molar-refractivity contribution in [2.45, 2.75) is 11.8 Å². The van der Waals surface area contributed by atoms with E-state index in [2.05, 4.69) is 55.7 Å². The van der Waals surface area contributed by atoms with Crippen LogP contribution in [0, 0.1) is 5.92 Å². The second kappa shape index (κ2) is 3.59. The Morgan fingerprint density at radius 1 is 1.12 bits per heavy atom. The van der Waals surface area contributed by atoms with Crippen LogP contribution in [0.15, 0.2) is 55.7 Å². The number of rotatable bonds is 3. The highest BCUT2D eigenvalue weighted by Gasteiger charge is 2.38. The molecule has 0 nitrogen and oxygen atoms in total. The summed E-state index contributed by atoms with van der Waals surface area (Å²) in [6.07, 6.45) is 14.3. The first kappa shape index (κ1) is 10.3. The van der Waals surface area contributed by atoms with Crippen molar-refractivity contribution < 1.29 is 0 Å². The van der Waals surface area contributed by atoms with Gasteiger partial charge in [-0.2, -0.15) is 0 Å². The highest BCUT2D eigenvalue weighted by Crippen LogP contribution is 2.47. The van der Waals surface area contributed by atoms with Crippen LogP contribution in [0.25, 0.3) is 12.2 Å². The zero-order chi connectivity index (χ0) is 11.9. The molecule has 2 aliphatic rings. The number of allylic oxidation sites excluding steroid dienone is 4. The van der Waals surface area contributed by atoms with E-state index in [9.17, 15) is 0 Å². The molecule has 0 heterocycles. The van der Waals surface area contributed by atoms with E-state index in [1.807, 2.05) is 12.2 Å². The second-order valence-electron chi connectivity index (χ2n) is 4.88. The van der Waals surface area contributed by atoms with Crippen LogP contribution in [-0.4, -0.2) is 0 Å². The summed E-state index contributed by atoms with van der Waals surface area (Å²) < 4.78 is 0. The molecule has 2 bridgehead atoms. The summed E-state index contributed by atoms with van der Waals surface area (Å²) in [5, 5.41) is 0. The molecule has 3 rings (SSSR count). The summed E-state index contributed by atoms with van der Waals surface area (Å²) in [5.41, 5.74) is 3.87. The standard InChI is InChI=1S/C17H16/c1-3-13-5-6-15(4-2)16(11-13)17-9-7-14(12-17)8-10-17/h3-11,14H,1-2,12H2. The molecular weight excluding hydrogens is 204 g/mol. The van der Waals surface area contributed by atoms with E-state index in [0.29, 0.717) is 5.92 Å². The van der Waals surface area contributed by atoms with Crippen molar-refractivity contribution in [3.8, 4) is 0 Å². The van der Waals surface area contributed by atoms with Gasteiger partial charge in [0.15, 0.2) is 0 Å². The van der Waals surface area contributed by atoms with Crippen LogP contribution >= 0.6 is 0 Å². The molecule has 17 heavy (non-hydrogen) atoms. The third-order valence-corrected chi connectivity index (χ3v) is 3.89. The van der Waals surface area contributed by atoms with E-state index >= 15 is 0 Å². The molecule has 1 aromatic carbocycles. The van der Waals surface area contributed by atoms with Crippen molar-refractivity contribution in [1.29, 1.82) is 0 Å². The first-order valence-corrected chi connectivity index (χ1v) is 6.05. The maximum Gasteiger partial charge on any atom is 0.0327 e. The van der Waals surface area contributed by atoms with Crippen LogP contribution in [0.4, 0.5) is 0 Å². The van der Waals surface area contributed by atoms with Gasteiger partial charge >= 0.3 is 0 Å². The maximum atomic E-state index is 3.92. The van der Waals surface area contributed by atoms with Gasteiger partial charge in [0.1, 0.15) is 0 Å². The average Bonchev–Trinajstić information content (AvgIpc) is 2.99. The average molecular weight is 220 g/mol. The predicted molar refractivity (Wildman–Crippen MR) is 74.7 cm³/mol. The lowest BCUT2D eigenvalue weighted by Gasteiger charge is -2.24. The summed E-state index contributed by atoms with van der Waals surface area (Å²) >= 11 is 0. The van der Waals surface area contributed by atoms with Crippen molar-refractivity contribution in [1.82, 2.24) is 0 Å². The Bertz CT molecular complexity index is 529. The summed E-state index contributed by atoms with van der Waals surface area (Å²) in [6, 6.07) is 6.48. The van der Waals surface area contributed by atoms with Crippen molar-refractivity contribution in [2.24, 2.45) is 5.92 Å². The molecule has 0 atom stereocenters. The Morgan fingerprint density at radius 3 is 2.41 bits per heavy atom. The predicted octanol–water partition coefficient (Wildman–Crippen LogP) is 4.36. The zero-order valence-electron chi connectivity index (χ0n) is 9.89. The molecule has 0 N–H and O–H groups in total. The molecule has 0 saturated heterocycles. The van der Waals surface area contributed by atoms with Gasteiger partial charge in [0.25, 0.3) is 0 Å². The van der Waals surface area contributed by atoms with Crippen molar-refractivity contribution in [3.05, 3.63) is 72.4 Å². The van der Waals surface area contributed by atoms with Gasteiger partial charge in [-0.1, -0.05) is 61.7 Å². The Balaban J connectivity index is 2.19.